The van der Waals surface area contributed by atoms with Gasteiger partial charge in [-0.2, -0.15) is 11.8 Å². The molecule has 38 heavy (non-hydrogen) atoms. The van der Waals surface area contributed by atoms with Gasteiger partial charge < -0.3 is 14.7 Å². The Morgan fingerprint density at radius 2 is 1.32 bits per heavy atom. The Hall–Kier alpha value is -0.110. The minimum absolute atomic E-state index is 0.0260. The molecule has 9 heteroatoms. The van der Waals surface area contributed by atoms with E-state index in [1.807, 2.05) is 21.1 Å². The van der Waals surface area contributed by atoms with Crippen LogP contribution in [-0.2, 0) is 18.4 Å². The third kappa shape index (κ3) is 27.5. The maximum atomic E-state index is 12.3. The van der Waals surface area contributed by atoms with Crippen molar-refractivity contribution in [3.05, 3.63) is 0 Å². The van der Waals surface area contributed by atoms with Crippen LogP contribution < -0.4 is 5.32 Å². The molecule has 0 aliphatic rings. The van der Waals surface area contributed by atoms with Gasteiger partial charge in [-0.05, 0) is 18.6 Å². The van der Waals surface area contributed by atoms with E-state index in [2.05, 4.69) is 19.2 Å². The minimum Gasteiger partial charge on any atom is -0.350 e. The third-order valence-corrected chi connectivity index (χ3v) is 8.74. The first-order chi connectivity index (χ1) is 18.1. The molecule has 228 valence electrons. The molecular formula is C29H62N2O5PS+. The second-order valence-corrected chi connectivity index (χ2v) is 14.3. The topological polar surface area (TPSA) is 84.9 Å². The summed E-state index contributed by atoms with van der Waals surface area (Å²) in [7, 11) is 1.83. The number of carbonyl (C=O) groups excluding carboxylic acids is 1. The van der Waals surface area contributed by atoms with E-state index in [-0.39, 0.29) is 25.2 Å². The Bertz CT molecular complexity index is 604. The first-order valence-electron chi connectivity index (χ1n) is 15.4. The van der Waals surface area contributed by atoms with E-state index in [0.717, 1.165) is 25.0 Å². The zero-order valence-corrected chi connectivity index (χ0v) is 27.2. The monoisotopic (exact) mass is 581 g/mol. The maximum Gasteiger partial charge on any atom is 0.472 e. The number of likely N-dealkylation sites (N-methyl/N-ethyl adjacent to an activating group) is 1. The molecule has 1 unspecified atom stereocenters. The van der Waals surface area contributed by atoms with Gasteiger partial charge in [-0.25, -0.2) is 4.57 Å². The van der Waals surface area contributed by atoms with Gasteiger partial charge in [0.15, 0.2) is 0 Å². The van der Waals surface area contributed by atoms with Gasteiger partial charge in [-0.15, -0.1) is 0 Å². The summed E-state index contributed by atoms with van der Waals surface area (Å²) < 4.78 is 23.3. The van der Waals surface area contributed by atoms with Crippen molar-refractivity contribution < 1.29 is 27.8 Å². The Morgan fingerprint density at radius 1 is 0.816 bits per heavy atom. The zero-order chi connectivity index (χ0) is 28.5. The number of unbranched alkanes of at least 4 members (excludes halogenated alkanes) is 14. The maximum absolute atomic E-state index is 12.3. The molecule has 0 rings (SSSR count). The molecule has 0 aliphatic carbocycles. The summed E-state index contributed by atoms with van der Waals surface area (Å²) in [5.74, 6) is 1.65. The van der Waals surface area contributed by atoms with Crippen LogP contribution in [0.5, 0.6) is 0 Å². The highest BCUT2D eigenvalue weighted by atomic mass is 32.2. The van der Waals surface area contributed by atoms with Crippen molar-refractivity contribution in [3.8, 4) is 0 Å². The van der Waals surface area contributed by atoms with E-state index in [9.17, 15) is 14.3 Å². The van der Waals surface area contributed by atoms with Crippen LogP contribution in [-0.4, -0.2) is 73.7 Å². The second-order valence-electron chi connectivity index (χ2n) is 11.7. The van der Waals surface area contributed by atoms with E-state index in [1.54, 1.807) is 11.8 Å². The number of hydrogen-bond donors (Lipinski definition) is 2. The summed E-state index contributed by atoms with van der Waals surface area (Å²) >= 11 is 1.77. The normalized spacial score (nSPS) is 14.4. The Labute approximate surface area is 239 Å². The van der Waals surface area contributed by atoms with Crippen LogP contribution in [0.3, 0.4) is 0 Å². The van der Waals surface area contributed by atoms with Gasteiger partial charge in [-0.1, -0.05) is 104 Å². The van der Waals surface area contributed by atoms with Crippen LogP contribution in [0.2, 0.25) is 0 Å². The fourth-order valence-electron chi connectivity index (χ4n) is 4.04. The number of carbonyl (C=O) groups is 1. The molecule has 0 bridgehead atoms. The van der Waals surface area contributed by atoms with Gasteiger partial charge in [0.2, 0.25) is 5.91 Å². The molecule has 2 atom stereocenters. The molecule has 0 aromatic carbocycles. The summed E-state index contributed by atoms with van der Waals surface area (Å²) in [5, 5.41) is 2.98. The molecule has 7 nitrogen and oxygen atoms in total. The first kappa shape index (κ1) is 37.9. The fourth-order valence-corrected chi connectivity index (χ4v) is 5.84. The summed E-state index contributed by atoms with van der Waals surface area (Å²) in [6.45, 7) is 5.03. The van der Waals surface area contributed by atoms with Gasteiger partial charge >= 0.3 is 7.82 Å². The lowest BCUT2D eigenvalue weighted by molar-refractivity contribution is -0.870. The molecule has 0 fully saturated rings. The predicted octanol–water partition coefficient (Wildman–Crippen LogP) is 7.72. The lowest BCUT2D eigenvalue weighted by Gasteiger charge is -2.24. The molecule has 2 N–H and O–H groups in total. The van der Waals surface area contributed by atoms with Crippen molar-refractivity contribution in [3.63, 3.8) is 0 Å². The van der Waals surface area contributed by atoms with Crippen LogP contribution in [0.15, 0.2) is 0 Å². The average Bonchev–Trinajstić information content (AvgIpc) is 2.84. The summed E-state index contributed by atoms with van der Waals surface area (Å²) in [6, 6.07) is -0.307. The number of phosphoric ester groups is 1. The van der Waals surface area contributed by atoms with E-state index in [1.165, 1.54) is 83.5 Å². The highest BCUT2D eigenvalue weighted by Gasteiger charge is 2.25. The average molecular weight is 582 g/mol. The Kier molecular flexibility index (Phi) is 24.6. The molecule has 0 radical (unpaired) electrons. The number of phosphoric acid groups is 1. The standard InChI is InChI=1S/C29H61N2O5PS/c1-6-8-10-11-12-13-14-15-16-17-18-19-20-21-25-38-27-28(30-29(32)22-9-7-2)26-36-37(33,34)35-24-23-31(3,4)5/h28H,6-27H2,1-5H3,(H-,30,32,33,34)/p+1/t28-/m0/s1. The highest BCUT2D eigenvalue weighted by Crippen LogP contribution is 2.43. The molecule has 0 aliphatic heterocycles. The number of nitrogens with zero attached hydrogens (tertiary/aromatic N) is 1. The van der Waals surface area contributed by atoms with Crippen molar-refractivity contribution in [1.82, 2.24) is 5.32 Å². The molecule has 0 saturated heterocycles. The molecule has 0 saturated carbocycles. The SMILES string of the molecule is CCCCCCCCCCCCCCCCSC[C@H](COP(=O)(O)OCC[N+](C)(C)C)NC(=O)CCCC. The van der Waals surface area contributed by atoms with E-state index < -0.39 is 7.82 Å². The van der Waals surface area contributed by atoms with Crippen LogP contribution >= 0.6 is 19.6 Å². The molecule has 0 spiro atoms. The number of quaternary nitrogens is 1. The summed E-state index contributed by atoms with van der Waals surface area (Å²) in [6.07, 6.45) is 21.1. The number of amides is 1. The second kappa shape index (κ2) is 24.7. The van der Waals surface area contributed by atoms with E-state index >= 15 is 0 Å². The zero-order valence-electron chi connectivity index (χ0n) is 25.5. The van der Waals surface area contributed by atoms with Gasteiger partial charge in [0, 0.05) is 12.2 Å². The van der Waals surface area contributed by atoms with Gasteiger partial charge in [0.25, 0.3) is 0 Å². The Balaban J connectivity index is 4.03. The largest absolute Gasteiger partial charge is 0.472 e. The molecule has 0 aromatic rings. The number of rotatable bonds is 28. The van der Waals surface area contributed by atoms with Gasteiger partial charge in [0.1, 0.15) is 13.2 Å². The quantitative estimate of drug-likeness (QED) is 0.0559. The van der Waals surface area contributed by atoms with E-state index in [0.29, 0.717) is 23.2 Å². The van der Waals surface area contributed by atoms with Crippen LogP contribution in [0.4, 0.5) is 0 Å². The first-order valence-corrected chi connectivity index (χ1v) is 18.0. The smallest absolute Gasteiger partial charge is 0.350 e. The summed E-state index contributed by atoms with van der Waals surface area (Å²) in [5.41, 5.74) is 0. The van der Waals surface area contributed by atoms with Crippen LogP contribution in [0, 0.1) is 0 Å². The van der Waals surface area contributed by atoms with E-state index in [4.69, 9.17) is 9.05 Å². The van der Waals surface area contributed by atoms with Crippen LogP contribution in [0.25, 0.3) is 0 Å². The predicted molar refractivity (Wildman–Crippen MR) is 164 cm³/mol. The van der Waals surface area contributed by atoms with Crippen molar-refractivity contribution in [2.75, 3.05) is 52.4 Å². The van der Waals surface area contributed by atoms with Crippen molar-refractivity contribution in [2.24, 2.45) is 0 Å². The molecular weight excluding hydrogens is 519 g/mol. The van der Waals surface area contributed by atoms with Crippen molar-refractivity contribution in [2.45, 2.75) is 129 Å². The minimum atomic E-state index is -4.14. The fraction of sp³-hybridized carbons (Fsp3) is 0.966. The van der Waals surface area contributed by atoms with Gasteiger partial charge in [-0.3, -0.25) is 13.8 Å². The highest BCUT2D eigenvalue weighted by molar-refractivity contribution is 7.99. The van der Waals surface area contributed by atoms with Gasteiger partial charge in [0.05, 0.1) is 33.8 Å². The number of thioether (sulfide) groups is 1. The number of nitrogens with one attached hydrogen (secondary N) is 1. The molecule has 0 aromatic heterocycles. The lowest BCUT2D eigenvalue weighted by Crippen LogP contribution is -2.40. The van der Waals surface area contributed by atoms with Crippen molar-refractivity contribution >= 4 is 25.5 Å². The van der Waals surface area contributed by atoms with Crippen molar-refractivity contribution in [1.29, 1.82) is 0 Å². The molecule has 1 amide bonds. The Morgan fingerprint density at radius 3 is 1.82 bits per heavy atom. The third-order valence-electron chi connectivity index (χ3n) is 6.54. The molecule has 0 heterocycles. The summed E-state index contributed by atoms with van der Waals surface area (Å²) in [4.78, 5) is 22.3. The van der Waals surface area contributed by atoms with Crippen LogP contribution in [0.1, 0.15) is 123 Å². The lowest BCUT2D eigenvalue weighted by atomic mass is 10.0. The number of hydrogen-bond acceptors (Lipinski definition) is 5.